The van der Waals surface area contributed by atoms with Gasteiger partial charge in [0, 0.05) is 38.8 Å². The average molecular weight is 501 g/mol. The van der Waals surface area contributed by atoms with Crippen LogP contribution in [0.5, 0.6) is 0 Å². The number of rotatable bonds is 4. The van der Waals surface area contributed by atoms with Crippen LogP contribution in [0.4, 0.5) is 0 Å². The molecule has 0 amide bonds. The SMILES string of the molecule is CCOC(=O)C1=C(C)NC2=C(C(=O)C[C@@H](c3ccc(Cl)cc3)C2)[C@H]1c1ccc(Br)cc1. The van der Waals surface area contributed by atoms with Gasteiger partial charge in [0.15, 0.2) is 5.78 Å². The third kappa shape index (κ3) is 4.35. The Balaban J connectivity index is 1.78. The van der Waals surface area contributed by atoms with Crippen LogP contribution in [-0.2, 0) is 14.3 Å². The van der Waals surface area contributed by atoms with Gasteiger partial charge in [0.25, 0.3) is 0 Å². The Labute approximate surface area is 195 Å². The highest BCUT2D eigenvalue weighted by molar-refractivity contribution is 9.10. The van der Waals surface area contributed by atoms with Crippen LogP contribution in [0.25, 0.3) is 0 Å². The molecule has 2 aromatic carbocycles. The topological polar surface area (TPSA) is 55.4 Å². The predicted molar refractivity (Wildman–Crippen MR) is 125 cm³/mol. The van der Waals surface area contributed by atoms with Crippen molar-refractivity contribution in [2.24, 2.45) is 0 Å². The van der Waals surface area contributed by atoms with Crippen molar-refractivity contribution in [3.8, 4) is 0 Å². The zero-order valence-electron chi connectivity index (χ0n) is 17.4. The molecule has 2 atom stereocenters. The van der Waals surface area contributed by atoms with Gasteiger partial charge < -0.3 is 10.1 Å². The number of benzene rings is 2. The van der Waals surface area contributed by atoms with E-state index in [9.17, 15) is 9.59 Å². The Morgan fingerprint density at radius 3 is 2.39 bits per heavy atom. The van der Waals surface area contributed by atoms with Crippen molar-refractivity contribution in [3.63, 3.8) is 0 Å². The molecular formula is C25H23BrClNO3. The summed E-state index contributed by atoms with van der Waals surface area (Å²) in [5.41, 5.74) is 4.77. The number of halogens is 2. The second kappa shape index (κ2) is 9.01. The molecule has 2 aromatic rings. The standard InChI is InChI=1S/C25H23BrClNO3/c1-3-31-25(30)22-14(2)28-20-12-17(15-6-10-19(27)11-7-15)13-21(29)24(20)23(22)16-4-8-18(26)9-5-16/h4-11,17,23,28H,3,12-13H2,1-2H3/t17-,23-/m0/s1. The molecule has 0 saturated heterocycles. The fourth-order valence-corrected chi connectivity index (χ4v) is 4.87. The number of allylic oxidation sites excluding steroid dienone is 3. The van der Waals surface area contributed by atoms with Crippen molar-refractivity contribution in [3.05, 3.63) is 91.7 Å². The normalized spacial score (nSPS) is 21.0. The molecule has 1 aliphatic carbocycles. The van der Waals surface area contributed by atoms with Crippen LogP contribution < -0.4 is 5.32 Å². The van der Waals surface area contributed by atoms with Gasteiger partial charge in [0.05, 0.1) is 12.2 Å². The lowest BCUT2D eigenvalue weighted by Crippen LogP contribution is -2.36. The number of dihydropyridines is 1. The molecule has 160 valence electrons. The summed E-state index contributed by atoms with van der Waals surface area (Å²) in [6, 6.07) is 15.4. The summed E-state index contributed by atoms with van der Waals surface area (Å²) < 4.78 is 6.29. The van der Waals surface area contributed by atoms with E-state index < -0.39 is 5.92 Å². The number of ether oxygens (including phenoxy) is 1. The first-order valence-electron chi connectivity index (χ1n) is 10.3. The van der Waals surface area contributed by atoms with E-state index in [2.05, 4.69) is 21.2 Å². The summed E-state index contributed by atoms with van der Waals surface area (Å²) in [6.07, 6.45) is 1.09. The van der Waals surface area contributed by atoms with Gasteiger partial charge in [-0.05, 0) is 61.6 Å². The Kier molecular flexibility index (Phi) is 6.35. The van der Waals surface area contributed by atoms with Gasteiger partial charge in [0.2, 0.25) is 0 Å². The van der Waals surface area contributed by atoms with Crippen LogP contribution in [-0.4, -0.2) is 18.4 Å². The van der Waals surface area contributed by atoms with Crippen molar-refractivity contribution in [2.75, 3.05) is 6.61 Å². The molecule has 1 aliphatic heterocycles. The maximum Gasteiger partial charge on any atom is 0.336 e. The largest absolute Gasteiger partial charge is 0.463 e. The minimum absolute atomic E-state index is 0.0518. The third-order valence-electron chi connectivity index (χ3n) is 5.87. The molecule has 0 spiro atoms. The lowest BCUT2D eigenvalue weighted by atomic mass is 9.72. The van der Waals surface area contributed by atoms with E-state index in [1.165, 1.54) is 0 Å². The summed E-state index contributed by atoms with van der Waals surface area (Å²) >= 11 is 9.50. The smallest absolute Gasteiger partial charge is 0.336 e. The van der Waals surface area contributed by atoms with Crippen molar-refractivity contribution in [1.29, 1.82) is 0 Å². The van der Waals surface area contributed by atoms with E-state index >= 15 is 0 Å². The lowest BCUT2D eigenvalue weighted by Gasteiger charge is -2.36. The molecule has 4 rings (SSSR count). The van der Waals surface area contributed by atoms with Crippen LogP contribution in [0.3, 0.4) is 0 Å². The molecule has 1 heterocycles. The minimum Gasteiger partial charge on any atom is -0.463 e. The van der Waals surface area contributed by atoms with Crippen molar-refractivity contribution in [1.82, 2.24) is 5.32 Å². The van der Waals surface area contributed by atoms with Gasteiger partial charge in [0.1, 0.15) is 0 Å². The quantitative estimate of drug-likeness (QED) is 0.521. The first kappa shape index (κ1) is 21.8. The van der Waals surface area contributed by atoms with Crippen LogP contribution in [0.1, 0.15) is 49.7 Å². The first-order valence-corrected chi connectivity index (χ1v) is 11.5. The molecule has 0 radical (unpaired) electrons. The average Bonchev–Trinajstić information content (AvgIpc) is 2.74. The second-order valence-corrected chi connectivity index (χ2v) is 9.19. The molecule has 0 aromatic heterocycles. The predicted octanol–water partition coefficient (Wildman–Crippen LogP) is 6.03. The van der Waals surface area contributed by atoms with Crippen LogP contribution >= 0.6 is 27.5 Å². The van der Waals surface area contributed by atoms with E-state index in [1.807, 2.05) is 55.5 Å². The molecule has 2 aliphatic rings. The fourth-order valence-electron chi connectivity index (χ4n) is 4.48. The Hall–Kier alpha value is -2.37. The van der Waals surface area contributed by atoms with Gasteiger partial charge >= 0.3 is 5.97 Å². The maximum absolute atomic E-state index is 13.5. The molecule has 0 unspecified atom stereocenters. The number of carbonyl (C=O) groups is 2. The monoisotopic (exact) mass is 499 g/mol. The summed E-state index contributed by atoms with van der Waals surface area (Å²) in [7, 11) is 0. The van der Waals surface area contributed by atoms with Gasteiger partial charge in [-0.25, -0.2) is 4.79 Å². The molecule has 4 nitrogen and oxygen atoms in total. The number of Topliss-reactive ketones (excluding diaryl/α,β-unsaturated/α-hetero) is 1. The third-order valence-corrected chi connectivity index (χ3v) is 6.65. The van der Waals surface area contributed by atoms with Crippen molar-refractivity contribution < 1.29 is 14.3 Å². The first-order chi connectivity index (χ1) is 14.9. The molecule has 1 N–H and O–H groups in total. The highest BCUT2D eigenvalue weighted by Gasteiger charge is 2.41. The van der Waals surface area contributed by atoms with Gasteiger partial charge in [-0.2, -0.15) is 0 Å². The van der Waals surface area contributed by atoms with E-state index in [0.717, 1.165) is 27.0 Å². The van der Waals surface area contributed by atoms with Crippen molar-refractivity contribution in [2.45, 2.75) is 38.5 Å². The number of nitrogens with one attached hydrogen (secondary N) is 1. The van der Waals surface area contributed by atoms with Gasteiger partial charge in [-0.1, -0.05) is 51.8 Å². The fraction of sp³-hybridized carbons (Fsp3) is 0.280. The Morgan fingerprint density at radius 1 is 1.10 bits per heavy atom. The summed E-state index contributed by atoms with van der Waals surface area (Å²) in [5.74, 6) is -0.712. The van der Waals surface area contributed by atoms with E-state index in [0.29, 0.717) is 29.0 Å². The molecule has 0 bridgehead atoms. The Morgan fingerprint density at radius 2 is 1.74 bits per heavy atom. The highest BCUT2D eigenvalue weighted by Crippen LogP contribution is 2.45. The van der Waals surface area contributed by atoms with Crippen molar-refractivity contribution >= 4 is 39.3 Å². The molecular weight excluding hydrogens is 478 g/mol. The number of hydrogen-bond donors (Lipinski definition) is 1. The van der Waals surface area contributed by atoms with Crippen LogP contribution in [0.2, 0.25) is 5.02 Å². The summed E-state index contributed by atoms with van der Waals surface area (Å²) in [6.45, 7) is 3.94. The van der Waals surface area contributed by atoms with E-state index in [1.54, 1.807) is 6.92 Å². The van der Waals surface area contributed by atoms with Crippen LogP contribution in [0, 0.1) is 0 Å². The van der Waals surface area contributed by atoms with Gasteiger partial charge in [-0.15, -0.1) is 0 Å². The number of hydrogen-bond acceptors (Lipinski definition) is 4. The van der Waals surface area contributed by atoms with E-state index in [-0.39, 0.29) is 24.3 Å². The second-order valence-electron chi connectivity index (χ2n) is 7.84. The zero-order chi connectivity index (χ0) is 22.1. The number of carbonyl (C=O) groups excluding carboxylic acids is 2. The molecule has 0 saturated carbocycles. The Bertz CT molecular complexity index is 1090. The molecule has 6 heteroatoms. The van der Waals surface area contributed by atoms with E-state index in [4.69, 9.17) is 16.3 Å². The molecule has 0 fully saturated rings. The minimum atomic E-state index is -0.443. The summed E-state index contributed by atoms with van der Waals surface area (Å²) in [5, 5.41) is 4.04. The maximum atomic E-state index is 13.5. The lowest BCUT2D eigenvalue weighted by molar-refractivity contribution is -0.138. The number of ketones is 1. The van der Waals surface area contributed by atoms with Gasteiger partial charge in [-0.3, -0.25) is 4.79 Å². The highest BCUT2D eigenvalue weighted by atomic mass is 79.9. The van der Waals surface area contributed by atoms with Crippen LogP contribution in [0.15, 0.2) is 75.5 Å². The zero-order valence-corrected chi connectivity index (χ0v) is 19.7. The summed E-state index contributed by atoms with van der Waals surface area (Å²) in [4.78, 5) is 26.3. The molecule has 31 heavy (non-hydrogen) atoms. The number of esters is 1.